The summed E-state index contributed by atoms with van der Waals surface area (Å²) in [6.45, 7) is 0. The number of esters is 1. The molecule has 2 aromatic carbocycles. The summed E-state index contributed by atoms with van der Waals surface area (Å²) in [6.07, 6.45) is 0. The lowest BCUT2D eigenvalue weighted by molar-refractivity contribution is 0.0569. The van der Waals surface area contributed by atoms with Gasteiger partial charge in [0.25, 0.3) is 5.91 Å². The van der Waals surface area contributed by atoms with Gasteiger partial charge in [0, 0.05) is 15.4 Å². The fraction of sp³-hybridized carbons (Fsp3) is 0.0588. The number of carbonyl (C=O) groups excluding carboxylic acids is 2. The summed E-state index contributed by atoms with van der Waals surface area (Å²) in [4.78, 5) is 24.3. The van der Waals surface area contributed by atoms with E-state index in [9.17, 15) is 9.59 Å². The predicted octanol–water partition coefficient (Wildman–Crippen LogP) is 4.23. The van der Waals surface area contributed by atoms with E-state index >= 15 is 0 Å². The lowest BCUT2D eigenvalue weighted by atomic mass is 10.2. The number of hydrogen-bond acceptors (Lipinski definition) is 4. The maximum atomic E-state index is 12.4. The number of rotatable bonds is 3. The van der Waals surface area contributed by atoms with Crippen LogP contribution in [0.1, 0.15) is 20.9 Å². The van der Waals surface area contributed by atoms with E-state index in [2.05, 4.69) is 21.2 Å². The Balaban J connectivity index is 2.09. The third kappa shape index (κ3) is 2.98. The lowest BCUT2D eigenvalue weighted by Crippen LogP contribution is -2.14. The van der Waals surface area contributed by atoms with Crippen molar-refractivity contribution in [2.75, 3.05) is 12.4 Å². The molecule has 1 heterocycles. The maximum Gasteiger partial charge on any atom is 0.376 e. The molecule has 0 aliphatic carbocycles. The van der Waals surface area contributed by atoms with E-state index in [1.165, 1.54) is 7.11 Å². The highest BCUT2D eigenvalue weighted by Crippen LogP contribution is 2.33. The van der Waals surface area contributed by atoms with Gasteiger partial charge < -0.3 is 14.5 Å². The Labute approximate surface area is 140 Å². The standard InChI is InChI=1S/C17H12BrNO4/c1-22-17(21)15-14(12-9-11(18)7-8-13(12)23-15)19-16(20)10-5-3-2-4-6-10/h2-9H,1H3,(H,19,20). The minimum Gasteiger partial charge on any atom is -0.463 e. The highest BCUT2D eigenvalue weighted by molar-refractivity contribution is 9.10. The van der Waals surface area contributed by atoms with Crippen molar-refractivity contribution in [3.63, 3.8) is 0 Å². The van der Waals surface area contributed by atoms with Crippen molar-refractivity contribution < 1.29 is 18.7 Å². The Morgan fingerprint density at radius 1 is 1.13 bits per heavy atom. The first kappa shape index (κ1) is 15.3. The van der Waals surface area contributed by atoms with Crippen LogP contribution >= 0.6 is 15.9 Å². The fourth-order valence-corrected chi connectivity index (χ4v) is 2.57. The Morgan fingerprint density at radius 3 is 2.57 bits per heavy atom. The molecule has 0 saturated carbocycles. The molecule has 0 aliphatic heterocycles. The molecule has 0 unspecified atom stereocenters. The van der Waals surface area contributed by atoms with Gasteiger partial charge in [0.15, 0.2) is 0 Å². The Bertz CT molecular complexity index is 886. The third-order valence-electron chi connectivity index (χ3n) is 3.30. The van der Waals surface area contributed by atoms with E-state index in [0.29, 0.717) is 22.2 Å². The number of amides is 1. The number of halogens is 1. The average molecular weight is 374 g/mol. The van der Waals surface area contributed by atoms with Gasteiger partial charge in [-0.25, -0.2) is 4.79 Å². The molecule has 0 saturated heterocycles. The van der Waals surface area contributed by atoms with Crippen LogP contribution in [-0.4, -0.2) is 19.0 Å². The quantitative estimate of drug-likeness (QED) is 0.697. The molecule has 1 N–H and O–H groups in total. The van der Waals surface area contributed by atoms with E-state index in [4.69, 9.17) is 9.15 Å². The molecule has 0 radical (unpaired) electrons. The van der Waals surface area contributed by atoms with Crippen LogP contribution in [0.5, 0.6) is 0 Å². The number of nitrogens with one attached hydrogen (secondary N) is 1. The molecule has 0 bridgehead atoms. The van der Waals surface area contributed by atoms with Crippen LogP contribution < -0.4 is 5.32 Å². The number of carbonyl (C=O) groups is 2. The van der Waals surface area contributed by atoms with Gasteiger partial charge in [-0.2, -0.15) is 0 Å². The lowest BCUT2D eigenvalue weighted by Gasteiger charge is -2.05. The zero-order valence-electron chi connectivity index (χ0n) is 12.1. The second-order valence-electron chi connectivity index (χ2n) is 4.76. The largest absolute Gasteiger partial charge is 0.463 e. The van der Waals surface area contributed by atoms with Crippen molar-refractivity contribution in [3.8, 4) is 0 Å². The predicted molar refractivity (Wildman–Crippen MR) is 89.6 cm³/mol. The molecule has 3 rings (SSSR count). The minimum absolute atomic E-state index is 0.0371. The first-order valence-electron chi connectivity index (χ1n) is 6.77. The van der Waals surface area contributed by atoms with E-state index in [-0.39, 0.29) is 11.7 Å². The second kappa shape index (κ2) is 6.26. The van der Waals surface area contributed by atoms with E-state index in [1.54, 1.807) is 42.5 Å². The van der Waals surface area contributed by atoms with E-state index in [1.807, 2.05) is 6.07 Å². The van der Waals surface area contributed by atoms with Crippen molar-refractivity contribution in [2.45, 2.75) is 0 Å². The molecule has 5 nitrogen and oxygen atoms in total. The molecule has 0 fully saturated rings. The van der Waals surface area contributed by atoms with Crippen LogP contribution in [-0.2, 0) is 4.74 Å². The van der Waals surface area contributed by atoms with Gasteiger partial charge in [-0.1, -0.05) is 34.1 Å². The first-order chi connectivity index (χ1) is 11.1. The number of fused-ring (bicyclic) bond motifs is 1. The molecule has 3 aromatic rings. The minimum atomic E-state index is -0.652. The van der Waals surface area contributed by atoms with Gasteiger partial charge in [0.05, 0.1) is 7.11 Å². The van der Waals surface area contributed by atoms with Crippen LogP contribution in [0.4, 0.5) is 5.69 Å². The molecule has 1 aromatic heterocycles. The van der Waals surface area contributed by atoms with Crippen molar-refractivity contribution in [3.05, 3.63) is 64.3 Å². The number of anilines is 1. The zero-order chi connectivity index (χ0) is 16.4. The number of furan rings is 1. The molecule has 23 heavy (non-hydrogen) atoms. The molecule has 0 aliphatic rings. The topological polar surface area (TPSA) is 68.5 Å². The van der Waals surface area contributed by atoms with Crippen molar-refractivity contribution in [2.24, 2.45) is 0 Å². The Hall–Kier alpha value is -2.60. The fourth-order valence-electron chi connectivity index (χ4n) is 2.21. The molecule has 116 valence electrons. The number of methoxy groups -OCH3 is 1. The number of ether oxygens (including phenoxy) is 1. The Kier molecular flexibility index (Phi) is 4.16. The molecular formula is C17H12BrNO4. The van der Waals surface area contributed by atoms with Gasteiger partial charge in [0.2, 0.25) is 5.76 Å². The van der Waals surface area contributed by atoms with Crippen molar-refractivity contribution in [1.82, 2.24) is 0 Å². The normalized spacial score (nSPS) is 10.5. The monoisotopic (exact) mass is 373 g/mol. The summed E-state index contributed by atoms with van der Waals surface area (Å²) in [5, 5.41) is 3.35. The first-order valence-corrected chi connectivity index (χ1v) is 7.56. The summed E-state index contributed by atoms with van der Waals surface area (Å²) < 4.78 is 11.1. The molecule has 0 spiro atoms. The van der Waals surface area contributed by atoms with Crippen LogP contribution in [0.3, 0.4) is 0 Å². The molecule has 0 atom stereocenters. The third-order valence-corrected chi connectivity index (χ3v) is 3.79. The van der Waals surface area contributed by atoms with E-state index < -0.39 is 5.97 Å². The van der Waals surface area contributed by atoms with Gasteiger partial charge in [-0.3, -0.25) is 4.79 Å². The maximum absolute atomic E-state index is 12.4. The van der Waals surface area contributed by atoms with Crippen molar-refractivity contribution in [1.29, 1.82) is 0 Å². The van der Waals surface area contributed by atoms with Gasteiger partial charge in [-0.15, -0.1) is 0 Å². The molecular weight excluding hydrogens is 362 g/mol. The highest BCUT2D eigenvalue weighted by atomic mass is 79.9. The summed E-state index contributed by atoms with van der Waals surface area (Å²) in [7, 11) is 1.26. The van der Waals surface area contributed by atoms with Crippen molar-refractivity contribution >= 4 is 44.5 Å². The number of benzene rings is 2. The van der Waals surface area contributed by atoms with Gasteiger partial charge in [-0.05, 0) is 30.3 Å². The summed E-state index contributed by atoms with van der Waals surface area (Å²) in [5.41, 5.74) is 1.26. The zero-order valence-corrected chi connectivity index (χ0v) is 13.7. The van der Waals surface area contributed by atoms with Crippen LogP contribution in [0.2, 0.25) is 0 Å². The summed E-state index contributed by atoms with van der Waals surface area (Å²) in [5.74, 6) is -1.02. The summed E-state index contributed by atoms with van der Waals surface area (Å²) >= 11 is 3.37. The SMILES string of the molecule is COC(=O)c1oc2ccc(Br)cc2c1NC(=O)c1ccccc1. The van der Waals surface area contributed by atoms with Gasteiger partial charge >= 0.3 is 5.97 Å². The average Bonchev–Trinajstić information content (AvgIpc) is 2.93. The second-order valence-corrected chi connectivity index (χ2v) is 5.67. The Morgan fingerprint density at radius 2 is 1.87 bits per heavy atom. The highest BCUT2D eigenvalue weighted by Gasteiger charge is 2.23. The van der Waals surface area contributed by atoms with E-state index in [0.717, 1.165) is 4.47 Å². The summed E-state index contributed by atoms with van der Waals surface area (Å²) in [6, 6.07) is 14.0. The molecule has 6 heteroatoms. The van der Waals surface area contributed by atoms with Crippen LogP contribution in [0.25, 0.3) is 11.0 Å². The van der Waals surface area contributed by atoms with Gasteiger partial charge in [0.1, 0.15) is 11.3 Å². The molecule has 1 amide bonds. The van der Waals surface area contributed by atoms with Crippen LogP contribution in [0.15, 0.2) is 57.4 Å². The number of hydrogen-bond donors (Lipinski definition) is 1. The smallest absolute Gasteiger partial charge is 0.376 e. The van der Waals surface area contributed by atoms with Crippen LogP contribution in [0, 0.1) is 0 Å².